The minimum Gasteiger partial charge on any atom is -0.356 e. The van der Waals surface area contributed by atoms with Crippen molar-refractivity contribution in [3.05, 3.63) is 35.6 Å². The molecule has 138 valence electrons. The minimum absolute atomic E-state index is 0.102. The summed E-state index contributed by atoms with van der Waals surface area (Å²) in [5.41, 5.74) is 0.452. The molecule has 1 atom stereocenters. The van der Waals surface area contributed by atoms with Crippen LogP contribution in [-0.4, -0.2) is 38.2 Å². The molecular weight excluding hydrogens is 345 g/mol. The molecule has 0 aliphatic carbocycles. The van der Waals surface area contributed by atoms with Crippen molar-refractivity contribution in [2.45, 2.75) is 38.5 Å². The van der Waals surface area contributed by atoms with Gasteiger partial charge in [0.2, 0.25) is 5.91 Å². The Hall–Kier alpha value is -1.76. The highest BCUT2D eigenvalue weighted by molar-refractivity contribution is 7.91. The van der Waals surface area contributed by atoms with E-state index in [9.17, 15) is 22.4 Å². The summed E-state index contributed by atoms with van der Waals surface area (Å²) in [5.74, 6) is 0.181. The Morgan fingerprint density at radius 3 is 2.48 bits per heavy atom. The van der Waals surface area contributed by atoms with Crippen molar-refractivity contribution in [1.29, 1.82) is 0 Å². The average Bonchev–Trinajstić information content (AvgIpc) is 2.91. The third-order valence-corrected chi connectivity index (χ3v) is 6.25. The predicted octanol–water partition coefficient (Wildman–Crippen LogP) is 2.51. The van der Waals surface area contributed by atoms with Gasteiger partial charge in [-0.2, -0.15) is 0 Å². The van der Waals surface area contributed by atoms with Crippen LogP contribution in [0, 0.1) is 11.7 Å². The second-order valence-corrected chi connectivity index (χ2v) is 8.77. The van der Waals surface area contributed by atoms with Gasteiger partial charge in [0.15, 0.2) is 15.6 Å². The number of amides is 1. The fraction of sp³-hybridized carbons (Fsp3) is 0.556. The summed E-state index contributed by atoms with van der Waals surface area (Å²) in [5, 5.41) is 2.80. The first-order valence-corrected chi connectivity index (χ1v) is 10.4. The largest absolute Gasteiger partial charge is 0.356 e. The first-order valence-electron chi connectivity index (χ1n) is 8.61. The van der Waals surface area contributed by atoms with Crippen molar-refractivity contribution < 1.29 is 22.4 Å². The zero-order valence-corrected chi connectivity index (χ0v) is 15.0. The van der Waals surface area contributed by atoms with Crippen LogP contribution in [0.15, 0.2) is 24.3 Å². The summed E-state index contributed by atoms with van der Waals surface area (Å²) in [6, 6.07) is 5.38. The zero-order valence-electron chi connectivity index (χ0n) is 14.2. The molecule has 1 fully saturated rings. The number of carbonyl (C=O) groups is 2. The van der Waals surface area contributed by atoms with Gasteiger partial charge in [0, 0.05) is 24.9 Å². The highest BCUT2D eigenvalue weighted by Crippen LogP contribution is 2.22. The fourth-order valence-electron chi connectivity index (χ4n) is 3.00. The maximum atomic E-state index is 12.8. The number of benzene rings is 1. The van der Waals surface area contributed by atoms with Crippen LogP contribution in [0.1, 0.15) is 48.9 Å². The normalized spacial score (nSPS) is 18.8. The van der Waals surface area contributed by atoms with Crippen LogP contribution < -0.4 is 5.32 Å². The zero-order chi connectivity index (χ0) is 18.3. The van der Waals surface area contributed by atoms with Gasteiger partial charge >= 0.3 is 0 Å². The summed E-state index contributed by atoms with van der Waals surface area (Å²) in [6.45, 7) is 0.529. The third-order valence-electron chi connectivity index (χ3n) is 4.41. The second kappa shape index (κ2) is 9.08. The molecule has 25 heavy (non-hydrogen) atoms. The number of ketones is 1. The second-order valence-electron chi connectivity index (χ2n) is 6.54. The molecule has 0 aromatic heterocycles. The lowest BCUT2D eigenvalue weighted by atomic mass is 10.0. The van der Waals surface area contributed by atoms with E-state index in [-0.39, 0.29) is 47.8 Å². The van der Waals surface area contributed by atoms with Gasteiger partial charge in [-0.1, -0.05) is 0 Å². The average molecular weight is 369 g/mol. The Morgan fingerprint density at radius 2 is 1.84 bits per heavy atom. The predicted molar refractivity (Wildman–Crippen MR) is 93.6 cm³/mol. The molecule has 1 aliphatic heterocycles. The number of carbonyl (C=O) groups excluding carboxylic acids is 2. The van der Waals surface area contributed by atoms with Crippen molar-refractivity contribution in [1.82, 2.24) is 5.32 Å². The van der Waals surface area contributed by atoms with Crippen molar-refractivity contribution in [2.24, 2.45) is 5.92 Å². The van der Waals surface area contributed by atoms with Gasteiger partial charge in [-0.3, -0.25) is 9.59 Å². The van der Waals surface area contributed by atoms with E-state index in [0.717, 1.165) is 19.3 Å². The van der Waals surface area contributed by atoms with Gasteiger partial charge in [0.25, 0.3) is 0 Å². The molecular formula is C18H24FNO4S. The molecule has 2 rings (SSSR count). The number of sulfone groups is 1. The van der Waals surface area contributed by atoms with Crippen LogP contribution >= 0.6 is 0 Å². The Labute approximate surface area is 147 Å². The topological polar surface area (TPSA) is 80.3 Å². The van der Waals surface area contributed by atoms with E-state index in [0.29, 0.717) is 18.5 Å². The van der Waals surface area contributed by atoms with E-state index < -0.39 is 9.84 Å². The maximum absolute atomic E-state index is 12.8. The molecule has 5 nitrogen and oxygen atoms in total. The molecule has 1 saturated heterocycles. The molecule has 7 heteroatoms. The lowest BCUT2D eigenvalue weighted by molar-refractivity contribution is -0.121. The van der Waals surface area contributed by atoms with Gasteiger partial charge in [-0.25, -0.2) is 12.8 Å². The summed E-state index contributed by atoms with van der Waals surface area (Å²) >= 11 is 0. The van der Waals surface area contributed by atoms with E-state index in [1.807, 2.05) is 0 Å². The fourth-order valence-corrected chi connectivity index (χ4v) is 4.91. The number of Topliss-reactive ketones (excluding diaryl/α,β-unsaturated/α-hetero) is 1. The number of rotatable bonds is 9. The van der Waals surface area contributed by atoms with Crippen molar-refractivity contribution in [3.8, 4) is 0 Å². The van der Waals surface area contributed by atoms with E-state index in [4.69, 9.17) is 0 Å². The van der Waals surface area contributed by atoms with Crippen LogP contribution in [0.3, 0.4) is 0 Å². The molecule has 1 aromatic carbocycles. The lowest BCUT2D eigenvalue weighted by Gasteiger charge is -2.08. The molecule has 1 N–H and O–H groups in total. The standard InChI is InChI=1S/C18H24FNO4S/c19-16-8-6-15(7-9-16)17(21)4-1-5-18(22)20-11-2-3-14-10-12-25(23,24)13-14/h6-9,14H,1-5,10-13H2,(H,20,22). The highest BCUT2D eigenvalue weighted by atomic mass is 32.2. The molecule has 1 aliphatic rings. The maximum Gasteiger partial charge on any atom is 0.220 e. The summed E-state index contributed by atoms with van der Waals surface area (Å²) in [4.78, 5) is 23.6. The number of nitrogens with one attached hydrogen (secondary N) is 1. The van der Waals surface area contributed by atoms with Gasteiger partial charge in [0.1, 0.15) is 5.82 Å². The van der Waals surface area contributed by atoms with Crippen LogP contribution in [0.2, 0.25) is 0 Å². The van der Waals surface area contributed by atoms with E-state index in [2.05, 4.69) is 5.32 Å². The van der Waals surface area contributed by atoms with E-state index in [1.165, 1.54) is 24.3 Å². The molecule has 1 aromatic rings. The molecule has 0 radical (unpaired) electrons. The SMILES string of the molecule is O=C(CCCC(=O)c1ccc(F)cc1)NCCCC1CCS(=O)(=O)C1. The van der Waals surface area contributed by atoms with Crippen LogP contribution in [0.4, 0.5) is 4.39 Å². The van der Waals surface area contributed by atoms with Gasteiger partial charge in [0.05, 0.1) is 11.5 Å². The van der Waals surface area contributed by atoms with Crippen LogP contribution in [-0.2, 0) is 14.6 Å². The number of halogens is 1. The Balaban J connectivity index is 1.55. The van der Waals surface area contributed by atoms with E-state index in [1.54, 1.807) is 0 Å². The lowest BCUT2D eigenvalue weighted by Crippen LogP contribution is -2.24. The molecule has 1 amide bonds. The quantitative estimate of drug-likeness (QED) is 0.536. The summed E-state index contributed by atoms with van der Waals surface area (Å²) < 4.78 is 35.5. The van der Waals surface area contributed by atoms with Gasteiger partial charge in [-0.05, 0) is 55.9 Å². The molecule has 1 unspecified atom stereocenters. The number of hydrogen-bond acceptors (Lipinski definition) is 4. The van der Waals surface area contributed by atoms with Gasteiger partial charge in [-0.15, -0.1) is 0 Å². The van der Waals surface area contributed by atoms with E-state index >= 15 is 0 Å². The minimum atomic E-state index is -2.83. The third kappa shape index (κ3) is 6.94. The summed E-state index contributed by atoms with van der Waals surface area (Å²) in [6.07, 6.45) is 3.26. The molecule has 0 saturated carbocycles. The summed E-state index contributed by atoms with van der Waals surface area (Å²) in [7, 11) is -2.83. The van der Waals surface area contributed by atoms with Crippen molar-refractivity contribution >= 4 is 21.5 Å². The monoisotopic (exact) mass is 369 g/mol. The first-order chi connectivity index (χ1) is 11.9. The molecule has 1 heterocycles. The Kier molecular flexibility index (Phi) is 7.11. The van der Waals surface area contributed by atoms with Crippen LogP contribution in [0.5, 0.6) is 0 Å². The van der Waals surface area contributed by atoms with Crippen molar-refractivity contribution in [2.75, 3.05) is 18.1 Å². The highest BCUT2D eigenvalue weighted by Gasteiger charge is 2.27. The smallest absolute Gasteiger partial charge is 0.220 e. The molecule has 0 spiro atoms. The Bertz CT molecular complexity index is 700. The number of hydrogen-bond donors (Lipinski definition) is 1. The molecule has 0 bridgehead atoms. The van der Waals surface area contributed by atoms with Gasteiger partial charge < -0.3 is 5.32 Å². The Morgan fingerprint density at radius 1 is 1.12 bits per heavy atom. The first kappa shape index (κ1) is 19.6. The van der Waals surface area contributed by atoms with Crippen LogP contribution in [0.25, 0.3) is 0 Å². The van der Waals surface area contributed by atoms with Crippen molar-refractivity contribution in [3.63, 3.8) is 0 Å².